The van der Waals surface area contributed by atoms with Gasteiger partial charge < -0.3 is 28.8 Å². The highest BCUT2D eigenvalue weighted by Crippen LogP contribution is 2.38. The number of allylic oxidation sites excluding steroid dienone is 7. The Hall–Kier alpha value is -1.54. The summed E-state index contributed by atoms with van der Waals surface area (Å²) < 4.78 is 23.1. The zero-order valence-electron chi connectivity index (χ0n) is 35.0. The lowest BCUT2D eigenvalue weighted by atomic mass is 10.0. The van der Waals surface area contributed by atoms with Crippen molar-refractivity contribution in [3.63, 3.8) is 0 Å². The highest BCUT2D eigenvalue weighted by molar-refractivity contribution is 7.45. The Kier molecular flexibility index (Phi) is 35.1. The molecule has 0 rings (SSSR count). The molecule has 0 fully saturated rings. The molecular weight excluding hydrogens is 683 g/mol. The Morgan fingerprint density at radius 3 is 1.72 bits per heavy atom. The number of carbonyl (C=O) groups is 1. The second-order valence-corrected chi connectivity index (χ2v) is 17.1. The number of aliphatic hydroxyl groups is 1. The molecule has 0 bridgehead atoms. The number of rotatable bonds is 38. The summed E-state index contributed by atoms with van der Waals surface area (Å²) in [5, 5.41) is 13.7. The fourth-order valence-electron chi connectivity index (χ4n) is 5.79. The minimum atomic E-state index is -4.60. The normalized spacial score (nSPS) is 14.9. The van der Waals surface area contributed by atoms with Crippen LogP contribution in [0.2, 0.25) is 0 Å². The molecule has 53 heavy (non-hydrogen) atoms. The molecule has 0 saturated carbocycles. The smallest absolute Gasteiger partial charge is 0.268 e. The molecule has 2 N–H and O–H groups in total. The van der Waals surface area contributed by atoms with E-state index in [9.17, 15) is 19.4 Å². The summed E-state index contributed by atoms with van der Waals surface area (Å²) in [6.07, 6.45) is 44.4. The Morgan fingerprint density at radius 1 is 0.660 bits per heavy atom. The van der Waals surface area contributed by atoms with Crippen LogP contribution in [0.5, 0.6) is 0 Å². The summed E-state index contributed by atoms with van der Waals surface area (Å²) in [5.41, 5.74) is 0. The van der Waals surface area contributed by atoms with Crippen molar-refractivity contribution in [1.29, 1.82) is 0 Å². The highest BCUT2D eigenvalue weighted by Gasteiger charge is 2.23. The van der Waals surface area contributed by atoms with Gasteiger partial charge in [-0.1, -0.05) is 159 Å². The van der Waals surface area contributed by atoms with Crippen molar-refractivity contribution in [3.05, 3.63) is 48.6 Å². The number of hydrogen-bond acceptors (Lipinski definition) is 6. The van der Waals surface area contributed by atoms with Crippen LogP contribution in [0.25, 0.3) is 0 Å². The van der Waals surface area contributed by atoms with Crippen molar-refractivity contribution in [2.24, 2.45) is 0 Å². The minimum Gasteiger partial charge on any atom is -0.756 e. The Morgan fingerprint density at radius 2 is 1.15 bits per heavy atom. The Bertz CT molecular complexity index is 1010. The molecule has 1 amide bonds. The molecule has 0 aromatic heterocycles. The lowest BCUT2D eigenvalue weighted by molar-refractivity contribution is -0.870. The second-order valence-electron chi connectivity index (χ2n) is 15.7. The average molecular weight is 767 g/mol. The van der Waals surface area contributed by atoms with Crippen LogP contribution in [0, 0.1) is 0 Å². The van der Waals surface area contributed by atoms with Crippen molar-refractivity contribution in [3.8, 4) is 0 Å². The zero-order chi connectivity index (χ0) is 39.3. The molecule has 0 spiro atoms. The SMILES string of the molecule is CCC/C=C\C/C=C\CCCCCCCC(=O)NC(COP(=O)([O-])OCC[N+](C)(C)C)C(O)/C=C/CC/C=C/CCCCCCCCCCCCCC. The maximum Gasteiger partial charge on any atom is 0.268 e. The molecule has 8 nitrogen and oxygen atoms in total. The van der Waals surface area contributed by atoms with Crippen molar-refractivity contribution >= 4 is 13.7 Å². The molecule has 3 atom stereocenters. The Labute approximate surface area is 327 Å². The quantitative estimate of drug-likeness (QED) is 0.0280. The molecule has 0 aliphatic heterocycles. The molecule has 0 heterocycles. The van der Waals surface area contributed by atoms with Crippen LogP contribution in [0.4, 0.5) is 0 Å². The number of unbranched alkanes of at least 4 members (excludes halogenated alkanes) is 19. The molecule has 0 aliphatic carbocycles. The van der Waals surface area contributed by atoms with Gasteiger partial charge in [0.2, 0.25) is 5.91 Å². The van der Waals surface area contributed by atoms with E-state index in [1.165, 1.54) is 83.5 Å². The van der Waals surface area contributed by atoms with Gasteiger partial charge in [-0.3, -0.25) is 9.36 Å². The van der Waals surface area contributed by atoms with Gasteiger partial charge in [0.05, 0.1) is 39.9 Å². The highest BCUT2D eigenvalue weighted by atomic mass is 31.2. The maximum atomic E-state index is 12.8. The number of amides is 1. The third-order valence-electron chi connectivity index (χ3n) is 9.24. The van der Waals surface area contributed by atoms with Crippen LogP contribution >= 0.6 is 7.82 Å². The van der Waals surface area contributed by atoms with E-state index in [-0.39, 0.29) is 12.5 Å². The van der Waals surface area contributed by atoms with Crippen LogP contribution < -0.4 is 10.2 Å². The maximum absolute atomic E-state index is 12.8. The van der Waals surface area contributed by atoms with Gasteiger partial charge in [-0.05, 0) is 57.8 Å². The number of aliphatic hydroxyl groups excluding tert-OH is 1. The predicted octanol–water partition coefficient (Wildman–Crippen LogP) is 11.1. The van der Waals surface area contributed by atoms with E-state index in [4.69, 9.17) is 9.05 Å². The van der Waals surface area contributed by atoms with Crippen molar-refractivity contribution in [2.45, 2.75) is 187 Å². The lowest BCUT2D eigenvalue weighted by Crippen LogP contribution is -2.45. The molecule has 310 valence electrons. The first-order valence-electron chi connectivity index (χ1n) is 21.5. The largest absolute Gasteiger partial charge is 0.756 e. The number of hydrogen-bond donors (Lipinski definition) is 2. The third kappa shape index (κ3) is 38.5. The van der Waals surface area contributed by atoms with Crippen LogP contribution in [0.1, 0.15) is 174 Å². The van der Waals surface area contributed by atoms with Crippen LogP contribution in [0.15, 0.2) is 48.6 Å². The van der Waals surface area contributed by atoms with E-state index in [0.29, 0.717) is 17.4 Å². The number of nitrogens with one attached hydrogen (secondary N) is 1. The summed E-state index contributed by atoms with van der Waals surface area (Å²) in [4.78, 5) is 25.2. The molecule has 3 unspecified atom stereocenters. The predicted molar refractivity (Wildman–Crippen MR) is 224 cm³/mol. The van der Waals surface area contributed by atoms with Gasteiger partial charge in [-0.2, -0.15) is 0 Å². The minimum absolute atomic E-state index is 0.0107. The molecule has 0 aromatic rings. The molecule has 0 radical (unpaired) electrons. The molecular formula is C44H83N2O6P. The topological polar surface area (TPSA) is 108 Å². The summed E-state index contributed by atoms with van der Waals surface area (Å²) in [5.74, 6) is -0.225. The standard InChI is InChI=1S/C44H83N2O6P/c1-6-8-10-12-14-16-18-20-21-22-23-24-26-27-29-31-33-35-37-43(47)42(41-52-53(49,50)51-40-39-46(3,4)5)45-44(48)38-36-34-32-30-28-25-19-17-15-13-11-9-7-2/h11,13,17,19,27,29,35,37,42-43,47H,6-10,12,14-16,18,20-26,28,30-34,36,38-41H2,1-5H3,(H-,45,48,49,50)/b13-11-,19-17-,29-27+,37-35+. The number of phosphoric ester groups is 1. The van der Waals surface area contributed by atoms with Gasteiger partial charge in [0.1, 0.15) is 13.2 Å². The number of likely N-dealkylation sites (N-methyl/N-ethyl adjacent to an activating group) is 1. The monoisotopic (exact) mass is 767 g/mol. The number of quaternary nitrogens is 1. The lowest BCUT2D eigenvalue weighted by Gasteiger charge is -2.29. The summed E-state index contributed by atoms with van der Waals surface area (Å²) in [7, 11) is 1.23. The van der Waals surface area contributed by atoms with Crippen molar-refractivity contribution < 1.29 is 32.9 Å². The van der Waals surface area contributed by atoms with Gasteiger partial charge in [-0.25, -0.2) is 0 Å². The first kappa shape index (κ1) is 51.5. The summed E-state index contributed by atoms with van der Waals surface area (Å²) in [6.45, 7) is 4.53. The molecule has 0 aliphatic rings. The molecule has 0 aromatic carbocycles. The Balaban J connectivity index is 4.52. The second kappa shape index (κ2) is 36.1. The van der Waals surface area contributed by atoms with E-state index < -0.39 is 26.6 Å². The van der Waals surface area contributed by atoms with Gasteiger partial charge in [0, 0.05) is 6.42 Å². The fraction of sp³-hybridized carbons (Fsp3) is 0.795. The number of nitrogens with zero attached hydrogens (tertiary/aromatic N) is 1. The van der Waals surface area contributed by atoms with Crippen LogP contribution in [0.3, 0.4) is 0 Å². The van der Waals surface area contributed by atoms with E-state index in [1.807, 2.05) is 27.2 Å². The summed E-state index contributed by atoms with van der Waals surface area (Å²) in [6, 6.07) is -0.909. The van der Waals surface area contributed by atoms with Gasteiger partial charge in [0.25, 0.3) is 7.82 Å². The number of phosphoric acid groups is 1. The molecule has 9 heteroatoms. The van der Waals surface area contributed by atoms with Crippen molar-refractivity contribution in [2.75, 3.05) is 40.9 Å². The number of carbonyl (C=O) groups excluding carboxylic acids is 1. The van der Waals surface area contributed by atoms with Gasteiger partial charge in [-0.15, -0.1) is 0 Å². The van der Waals surface area contributed by atoms with E-state index in [2.05, 4.69) is 55.6 Å². The first-order valence-corrected chi connectivity index (χ1v) is 23.0. The van der Waals surface area contributed by atoms with E-state index in [1.54, 1.807) is 6.08 Å². The summed E-state index contributed by atoms with van der Waals surface area (Å²) >= 11 is 0. The van der Waals surface area contributed by atoms with Crippen molar-refractivity contribution in [1.82, 2.24) is 5.32 Å². The van der Waals surface area contributed by atoms with Gasteiger partial charge >= 0.3 is 0 Å². The van der Waals surface area contributed by atoms with Crippen LogP contribution in [-0.4, -0.2) is 68.5 Å². The van der Waals surface area contributed by atoms with E-state index >= 15 is 0 Å². The third-order valence-corrected chi connectivity index (χ3v) is 10.2. The molecule has 0 saturated heterocycles. The first-order chi connectivity index (χ1) is 25.5. The fourth-order valence-corrected chi connectivity index (χ4v) is 6.52. The average Bonchev–Trinajstić information content (AvgIpc) is 3.10. The van der Waals surface area contributed by atoms with Gasteiger partial charge in [0.15, 0.2) is 0 Å². The van der Waals surface area contributed by atoms with E-state index in [0.717, 1.165) is 70.6 Å². The zero-order valence-corrected chi connectivity index (χ0v) is 35.8. The van der Waals surface area contributed by atoms with Crippen LogP contribution in [-0.2, 0) is 18.4 Å².